The Morgan fingerprint density at radius 3 is 2.60 bits per heavy atom. The molecule has 1 fully saturated rings. The first kappa shape index (κ1) is 16.7. The number of benzene rings is 1. The fourth-order valence-corrected chi connectivity index (χ4v) is 5.48. The monoisotopic (exact) mass is 376 g/mol. The molecule has 0 unspecified atom stereocenters. The first-order valence-electron chi connectivity index (χ1n) is 8.48. The third-order valence-electron chi connectivity index (χ3n) is 4.54. The normalized spacial score (nSPS) is 18.5. The van der Waals surface area contributed by atoms with Crippen LogP contribution in [0.15, 0.2) is 46.4 Å². The van der Waals surface area contributed by atoms with E-state index in [9.17, 15) is 8.42 Å². The van der Waals surface area contributed by atoms with Gasteiger partial charge in [-0.15, -0.1) is 0 Å². The number of amidine groups is 1. The van der Waals surface area contributed by atoms with Gasteiger partial charge in [-0.1, -0.05) is 54.9 Å². The number of aliphatic imine (C=N–C) groups is 1. The van der Waals surface area contributed by atoms with Gasteiger partial charge in [-0.3, -0.25) is 14.4 Å². The molecule has 0 amide bonds. The molecule has 132 valence electrons. The van der Waals surface area contributed by atoms with Gasteiger partial charge in [-0.2, -0.15) is 5.10 Å². The van der Waals surface area contributed by atoms with Crippen LogP contribution in [0.25, 0.3) is 11.3 Å². The summed E-state index contributed by atoms with van der Waals surface area (Å²) in [6.07, 6.45) is 6.11. The third kappa shape index (κ3) is 3.46. The summed E-state index contributed by atoms with van der Waals surface area (Å²) in [5, 5.41) is 5.12. The van der Waals surface area contributed by atoms with E-state index in [4.69, 9.17) is 0 Å². The number of thioether (sulfide) groups is 1. The summed E-state index contributed by atoms with van der Waals surface area (Å²) < 4.78 is 30.4. The number of hydrogen-bond donors (Lipinski definition) is 1. The van der Waals surface area contributed by atoms with E-state index in [2.05, 4.69) is 14.8 Å². The Hall–Kier alpha value is -1.80. The largest absolute Gasteiger partial charge is 0.268 e. The van der Waals surface area contributed by atoms with Crippen molar-refractivity contribution in [2.45, 2.75) is 36.6 Å². The number of aromatic nitrogens is 2. The topological polar surface area (TPSA) is 76.3 Å². The van der Waals surface area contributed by atoms with E-state index in [0.29, 0.717) is 17.4 Å². The molecule has 2 heterocycles. The van der Waals surface area contributed by atoms with Crippen LogP contribution in [0.3, 0.4) is 0 Å². The summed E-state index contributed by atoms with van der Waals surface area (Å²) >= 11 is 1.43. The van der Waals surface area contributed by atoms with Crippen LogP contribution in [-0.2, 0) is 10.0 Å². The molecule has 0 atom stereocenters. The first-order chi connectivity index (χ1) is 12.1. The Kier molecular flexibility index (Phi) is 4.56. The molecule has 2 aliphatic rings. The van der Waals surface area contributed by atoms with Gasteiger partial charge >= 0.3 is 0 Å². The van der Waals surface area contributed by atoms with Crippen molar-refractivity contribution >= 4 is 27.0 Å². The van der Waals surface area contributed by atoms with Gasteiger partial charge in [-0.25, -0.2) is 8.42 Å². The van der Waals surface area contributed by atoms with Gasteiger partial charge in [0.15, 0.2) is 5.17 Å². The molecule has 1 aliphatic carbocycles. The van der Waals surface area contributed by atoms with Crippen molar-refractivity contribution in [1.82, 2.24) is 14.5 Å². The summed E-state index contributed by atoms with van der Waals surface area (Å²) in [5.41, 5.74) is 1.31. The van der Waals surface area contributed by atoms with Crippen LogP contribution in [0.5, 0.6) is 0 Å². The van der Waals surface area contributed by atoms with Gasteiger partial charge in [0.1, 0.15) is 10.6 Å². The highest BCUT2D eigenvalue weighted by Crippen LogP contribution is 2.33. The van der Waals surface area contributed by atoms with Crippen molar-refractivity contribution in [3.05, 3.63) is 36.5 Å². The minimum Gasteiger partial charge on any atom is -0.268 e. The van der Waals surface area contributed by atoms with Gasteiger partial charge in [0.25, 0.3) is 10.0 Å². The Bertz CT molecular complexity index is 885. The van der Waals surface area contributed by atoms with E-state index in [1.807, 2.05) is 35.0 Å². The lowest BCUT2D eigenvalue weighted by Crippen LogP contribution is -2.27. The SMILES string of the molecule is O=S(=O)(NC1=NCCS1)c1cn(C2CCCC2)nc1-c1ccccc1. The van der Waals surface area contributed by atoms with Crippen molar-refractivity contribution in [3.63, 3.8) is 0 Å². The van der Waals surface area contributed by atoms with Crippen molar-refractivity contribution in [3.8, 4) is 11.3 Å². The van der Waals surface area contributed by atoms with Gasteiger partial charge in [0.2, 0.25) is 0 Å². The summed E-state index contributed by atoms with van der Waals surface area (Å²) in [6, 6.07) is 9.76. The fourth-order valence-electron chi connectivity index (χ4n) is 3.29. The summed E-state index contributed by atoms with van der Waals surface area (Å²) in [6.45, 7) is 0.648. The molecule has 0 spiro atoms. The maximum absolute atomic E-state index is 13.0. The molecular formula is C17H20N4O2S2. The van der Waals surface area contributed by atoms with Crippen molar-refractivity contribution in [2.24, 2.45) is 4.99 Å². The van der Waals surface area contributed by atoms with Crippen molar-refractivity contribution in [1.29, 1.82) is 0 Å². The second-order valence-corrected chi connectivity index (χ2v) is 9.00. The highest BCUT2D eigenvalue weighted by atomic mass is 32.2. The van der Waals surface area contributed by atoms with Gasteiger partial charge in [-0.05, 0) is 12.8 Å². The Balaban J connectivity index is 1.76. The highest BCUT2D eigenvalue weighted by molar-refractivity contribution is 8.15. The fraction of sp³-hybridized carbons (Fsp3) is 0.412. The molecule has 2 aromatic rings. The number of nitrogens with zero attached hydrogens (tertiary/aromatic N) is 3. The van der Waals surface area contributed by atoms with Crippen LogP contribution < -0.4 is 4.72 Å². The number of nitrogens with one attached hydrogen (secondary N) is 1. The number of rotatable bonds is 4. The quantitative estimate of drug-likeness (QED) is 0.890. The van der Waals surface area contributed by atoms with Crippen LogP contribution in [0.4, 0.5) is 0 Å². The molecule has 4 rings (SSSR count). The van der Waals surface area contributed by atoms with Crippen LogP contribution in [0, 0.1) is 0 Å². The molecule has 1 saturated carbocycles. The molecule has 1 aromatic carbocycles. The zero-order chi connectivity index (χ0) is 17.3. The average Bonchev–Trinajstić information content (AvgIpc) is 3.36. The number of hydrogen-bond acceptors (Lipinski definition) is 5. The van der Waals surface area contributed by atoms with Crippen LogP contribution in [0.1, 0.15) is 31.7 Å². The predicted octanol–water partition coefficient (Wildman–Crippen LogP) is 3.05. The van der Waals surface area contributed by atoms with E-state index in [-0.39, 0.29) is 10.9 Å². The lowest BCUT2D eigenvalue weighted by molar-refractivity contribution is 0.467. The molecule has 1 N–H and O–H groups in total. The van der Waals surface area contributed by atoms with Gasteiger partial charge in [0.05, 0.1) is 12.6 Å². The molecule has 0 radical (unpaired) electrons. The smallest absolute Gasteiger partial charge is 0.267 e. The maximum atomic E-state index is 13.0. The van der Waals surface area contributed by atoms with Crippen molar-refractivity contribution in [2.75, 3.05) is 12.3 Å². The summed E-state index contributed by atoms with van der Waals surface area (Å²) in [4.78, 5) is 4.42. The molecule has 0 saturated heterocycles. The molecule has 1 aliphatic heterocycles. The average molecular weight is 377 g/mol. The molecule has 25 heavy (non-hydrogen) atoms. The lowest BCUT2D eigenvalue weighted by Gasteiger charge is -2.08. The minimum absolute atomic E-state index is 0.223. The standard InChI is InChI=1S/C17H20N4O2S2/c22-25(23,20-17-18-10-11-24-17)15-12-21(14-8-4-5-9-14)19-16(15)13-6-2-1-3-7-13/h1-3,6-7,12,14H,4-5,8-11H2,(H,18,20). The summed E-state index contributed by atoms with van der Waals surface area (Å²) in [5.74, 6) is 0.810. The molecule has 1 aromatic heterocycles. The van der Waals surface area contributed by atoms with E-state index in [1.54, 1.807) is 6.20 Å². The second kappa shape index (κ2) is 6.84. The van der Waals surface area contributed by atoms with E-state index in [0.717, 1.165) is 24.2 Å². The molecular weight excluding hydrogens is 356 g/mol. The van der Waals surface area contributed by atoms with E-state index in [1.165, 1.54) is 24.6 Å². The number of sulfonamides is 1. The Labute approximate surface area is 151 Å². The minimum atomic E-state index is -3.72. The molecule has 0 bridgehead atoms. The highest BCUT2D eigenvalue weighted by Gasteiger charge is 2.28. The summed E-state index contributed by atoms with van der Waals surface area (Å²) in [7, 11) is -3.72. The Morgan fingerprint density at radius 1 is 1.16 bits per heavy atom. The predicted molar refractivity (Wildman–Crippen MR) is 100 cm³/mol. The zero-order valence-corrected chi connectivity index (χ0v) is 15.4. The van der Waals surface area contributed by atoms with Gasteiger partial charge < -0.3 is 0 Å². The molecule has 6 nitrogen and oxygen atoms in total. The van der Waals surface area contributed by atoms with Gasteiger partial charge in [0, 0.05) is 17.5 Å². The maximum Gasteiger partial charge on any atom is 0.267 e. The molecule has 8 heteroatoms. The third-order valence-corrected chi connectivity index (χ3v) is 6.90. The second-order valence-electron chi connectivity index (χ2n) is 6.27. The van der Waals surface area contributed by atoms with Crippen LogP contribution in [-0.4, -0.2) is 35.7 Å². The van der Waals surface area contributed by atoms with Crippen LogP contribution in [0.2, 0.25) is 0 Å². The Morgan fingerprint density at radius 2 is 1.92 bits per heavy atom. The first-order valence-corrected chi connectivity index (χ1v) is 10.9. The van der Waals surface area contributed by atoms with E-state index < -0.39 is 10.0 Å². The lowest BCUT2D eigenvalue weighted by atomic mass is 10.2. The van der Waals surface area contributed by atoms with Crippen LogP contribution >= 0.6 is 11.8 Å². The van der Waals surface area contributed by atoms with E-state index >= 15 is 0 Å². The van der Waals surface area contributed by atoms with Crippen molar-refractivity contribution < 1.29 is 8.42 Å². The zero-order valence-electron chi connectivity index (χ0n) is 13.8.